The van der Waals surface area contributed by atoms with Gasteiger partial charge in [-0.1, -0.05) is 12.1 Å². The van der Waals surface area contributed by atoms with Gasteiger partial charge in [0.2, 0.25) is 5.91 Å². The van der Waals surface area contributed by atoms with Crippen molar-refractivity contribution in [2.75, 3.05) is 19.6 Å². The average molecular weight is 376 g/mol. The van der Waals surface area contributed by atoms with Crippen molar-refractivity contribution >= 4 is 12.0 Å². The predicted octanol–water partition coefficient (Wildman–Crippen LogP) is 3.59. The number of hydrogen-bond acceptors (Lipinski definition) is 4. The highest BCUT2D eigenvalue weighted by Gasteiger charge is 2.24. The molecule has 6 nitrogen and oxygen atoms in total. The molecule has 0 radical (unpaired) electrons. The average Bonchev–Trinajstić information content (AvgIpc) is 2.57. The number of likely N-dealkylation sites (tertiary alicyclic amines) is 1. The van der Waals surface area contributed by atoms with Gasteiger partial charge in [0, 0.05) is 38.9 Å². The van der Waals surface area contributed by atoms with E-state index in [1.54, 1.807) is 0 Å². The number of carbonyl (C=O) groups excluding carboxylic acids is 2. The van der Waals surface area contributed by atoms with E-state index in [0.717, 1.165) is 24.2 Å². The summed E-state index contributed by atoms with van der Waals surface area (Å²) in [5.41, 5.74) is 1.78. The van der Waals surface area contributed by atoms with Crippen molar-refractivity contribution in [2.45, 2.75) is 65.6 Å². The topological polar surface area (TPSA) is 67.9 Å². The van der Waals surface area contributed by atoms with E-state index in [9.17, 15) is 9.59 Å². The summed E-state index contributed by atoms with van der Waals surface area (Å²) < 4.78 is 11.3. The van der Waals surface area contributed by atoms with Crippen LogP contribution < -0.4 is 10.1 Å². The molecule has 0 aliphatic carbocycles. The largest absolute Gasteiger partial charge is 0.490 e. The fraction of sp³-hybridized carbons (Fsp3) is 0.619. The molecule has 0 atom stereocenters. The zero-order valence-corrected chi connectivity index (χ0v) is 17.1. The maximum absolute atomic E-state index is 12.3. The van der Waals surface area contributed by atoms with Crippen LogP contribution in [0.15, 0.2) is 18.2 Å². The fourth-order valence-electron chi connectivity index (χ4n) is 2.98. The number of ether oxygens (including phenoxy) is 2. The third-order valence-electron chi connectivity index (χ3n) is 4.44. The van der Waals surface area contributed by atoms with Crippen LogP contribution in [0.2, 0.25) is 0 Å². The number of benzene rings is 1. The summed E-state index contributed by atoms with van der Waals surface area (Å²) in [5.74, 6) is 0.984. The molecule has 0 bridgehead atoms. The lowest BCUT2D eigenvalue weighted by Gasteiger charge is -2.32. The first-order valence-electron chi connectivity index (χ1n) is 9.62. The second-order valence-electron chi connectivity index (χ2n) is 8.15. The van der Waals surface area contributed by atoms with Crippen LogP contribution in [-0.2, 0) is 9.53 Å². The highest BCUT2D eigenvalue weighted by molar-refractivity contribution is 5.77. The highest BCUT2D eigenvalue weighted by atomic mass is 16.6. The van der Waals surface area contributed by atoms with E-state index in [4.69, 9.17) is 9.47 Å². The molecule has 27 heavy (non-hydrogen) atoms. The van der Waals surface area contributed by atoms with E-state index < -0.39 is 11.7 Å². The number of piperidine rings is 1. The zero-order chi connectivity index (χ0) is 20.0. The Balaban J connectivity index is 1.71. The van der Waals surface area contributed by atoms with E-state index >= 15 is 0 Å². The molecule has 1 saturated heterocycles. The number of nitrogens with one attached hydrogen (secondary N) is 1. The Morgan fingerprint density at radius 3 is 2.48 bits per heavy atom. The number of alkyl carbamates (subject to hydrolysis) is 1. The molecule has 1 aromatic rings. The van der Waals surface area contributed by atoms with Crippen LogP contribution in [0.1, 0.15) is 51.2 Å². The zero-order valence-electron chi connectivity index (χ0n) is 17.1. The van der Waals surface area contributed by atoms with Crippen LogP contribution in [0.5, 0.6) is 5.75 Å². The molecule has 0 spiro atoms. The third-order valence-corrected chi connectivity index (χ3v) is 4.44. The summed E-state index contributed by atoms with van der Waals surface area (Å²) in [5, 5.41) is 2.63. The summed E-state index contributed by atoms with van der Waals surface area (Å²) in [6, 6.07) is 6.21. The van der Waals surface area contributed by atoms with Gasteiger partial charge in [-0.25, -0.2) is 4.79 Å². The number of aryl methyl sites for hydroxylation is 2. The standard InChI is InChI=1S/C21H32N2O4/c1-15-6-7-16(2)18(14-15)26-17-9-12-23(13-10-17)19(24)8-11-22-20(25)27-21(3,4)5/h6-7,14,17H,8-13H2,1-5H3,(H,22,25). The van der Waals surface area contributed by atoms with Gasteiger partial charge >= 0.3 is 6.09 Å². The Hall–Kier alpha value is -2.24. The highest BCUT2D eigenvalue weighted by Crippen LogP contribution is 2.24. The first-order valence-corrected chi connectivity index (χ1v) is 9.62. The van der Waals surface area contributed by atoms with Gasteiger partial charge in [-0.2, -0.15) is 0 Å². The molecule has 1 fully saturated rings. The van der Waals surface area contributed by atoms with Crippen molar-refractivity contribution in [1.29, 1.82) is 0 Å². The third kappa shape index (κ3) is 7.12. The minimum Gasteiger partial charge on any atom is -0.490 e. The van der Waals surface area contributed by atoms with Crippen LogP contribution in [0.4, 0.5) is 4.79 Å². The number of carbonyl (C=O) groups is 2. The SMILES string of the molecule is Cc1ccc(C)c(OC2CCN(C(=O)CCNC(=O)OC(C)(C)C)CC2)c1. The first kappa shape index (κ1) is 21.1. The van der Waals surface area contributed by atoms with E-state index in [1.165, 1.54) is 5.56 Å². The van der Waals surface area contributed by atoms with Crippen LogP contribution >= 0.6 is 0 Å². The normalized spacial score (nSPS) is 15.4. The second kappa shape index (κ2) is 9.11. The van der Waals surface area contributed by atoms with Crippen LogP contribution in [0, 0.1) is 13.8 Å². The molecule has 1 aliphatic rings. The Morgan fingerprint density at radius 1 is 1.19 bits per heavy atom. The Labute approximate surface area is 162 Å². The lowest BCUT2D eigenvalue weighted by molar-refractivity contribution is -0.132. The lowest BCUT2D eigenvalue weighted by Crippen LogP contribution is -2.43. The molecule has 0 unspecified atom stereocenters. The van der Waals surface area contributed by atoms with Crippen molar-refractivity contribution in [3.8, 4) is 5.75 Å². The number of hydrogen-bond donors (Lipinski definition) is 1. The molecular weight excluding hydrogens is 344 g/mol. The monoisotopic (exact) mass is 376 g/mol. The number of amides is 2. The summed E-state index contributed by atoms with van der Waals surface area (Å²) in [6.07, 6.45) is 1.56. The van der Waals surface area contributed by atoms with E-state index in [1.807, 2.05) is 32.6 Å². The molecule has 6 heteroatoms. The maximum Gasteiger partial charge on any atom is 0.407 e. The van der Waals surface area contributed by atoms with Crippen LogP contribution in [0.25, 0.3) is 0 Å². The van der Waals surface area contributed by atoms with Gasteiger partial charge in [0.1, 0.15) is 17.5 Å². The molecule has 1 aliphatic heterocycles. The van der Waals surface area contributed by atoms with Gasteiger partial charge in [-0.3, -0.25) is 4.79 Å². The molecule has 0 aromatic heterocycles. The van der Waals surface area contributed by atoms with Gasteiger partial charge in [0.25, 0.3) is 0 Å². The Morgan fingerprint density at radius 2 is 1.85 bits per heavy atom. The minimum atomic E-state index is -0.536. The first-order chi connectivity index (χ1) is 12.6. The fourth-order valence-corrected chi connectivity index (χ4v) is 2.98. The van der Waals surface area contributed by atoms with Gasteiger partial charge in [0.15, 0.2) is 0 Å². The molecule has 1 heterocycles. The minimum absolute atomic E-state index is 0.0521. The summed E-state index contributed by atoms with van der Waals surface area (Å²) in [6.45, 7) is 11.2. The van der Waals surface area contributed by atoms with Gasteiger partial charge in [-0.05, 0) is 51.8 Å². The molecule has 2 amide bonds. The molecule has 0 saturated carbocycles. The second-order valence-corrected chi connectivity index (χ2v) is 8.15. The predicted molar refractivity (Wildman–Crippen MR) is 105 cm³/mol. The summed E-state index contributed by atoms with van der Waals surface area (Å²) in [4.78, 5) is 25.8. The Bertz CT molecular complexity index is 659. The smallest absolute Gasteiger partial charge is 0.407 e. The van der Waals surface area contributed by atoms with Crippen molar-refractivity contribution in [3.05, 3.63) is 29.3 Å². The van der Waals surface area contributed by atoms with E-state index in [2.05, 4.69) is 30.4 Å². The van der Waals surface area contributed by atoms with Crippen molar-refractivity contribution in [3.63, 3.8) is 0 Å². The van der Waals surface area contributed by atoms with E-state index in [-0.39, 0.29) is 25.0 Å². The van der Waals surface area contributed by atoms with Gasteiger partial charge < -0.3 is 19.7 Å². The molecule has 2 rings (SSSR count). The molecule has 150 valence electrons. The summed E-state index contributed by atoms with van der Waals surface area (Å²) in [7, 11) is 0. The van der Waals surface area contributed by atoms with Crippen molar-refractivity contribution in [1.82, 2.24) is 10.2 Å². The number of rotatable bonds is 5. The molecule has 1 aromatic carbocycles. The van der Waals surface area contributed by atoms with E-state index in [0.29, 0.717) is 13.1 Å². The Kier molecular flexibility index (Phi) is 7.11. The molecular formula is C21H32N2O4. The van der Waals surface area contributed by atoms with Crippen LogP contribution in [-0.4, -0.2) is 48.2 Å². The number of nitrogens with zero attached hydrogens (tertiary/aromatic N) is 1. The summed E-state index contributed by atoms with van der Waals surface area (Å²) >= 11 is 0. The maximum atomic E-state index is 12.3. The van der Waals surface area contributed by atoms with Crippen molar-refractivity contribution in [2.24, 2.45) is 0 Å². The van der Waals surface area contributed by atoms with Gasteiger partial charge in [0.05, 0.1) is 0 Å². The quantitative estimate of drug-likeness (QED) is 0.853. The van der Waals surface area contributed by atoms with Crippen molar-refractivity contribution < 1.29 is 19.1 Å². The lowest BCUT2D eigenvalue weighted by atomic mass is 10.1. The van der Waals surface area contributed by atoms with Gasteiger partial charge in [-0.15, -0.1) is 0 Å². The van der Waals surface area contributed by atoms with Crippen LogP contribution in [0.3, 0.4) is 0 Å². The molecule has 1 N–H and O–H groups in total.